The van der Waals surface area contributed by atoms with Crippen LogP contribution in [0.15, 0.2) is 47.4 Å². The van der Waals surface area contributed by atoms with Gasteiger partial charge in [0.25, 0.3) is 15.9 Å². The summed E-state index contributed by atoms with van der Waals surface area (Å²) in [5, 5.41) is 2.64. The standard InChI is InChI=1S/C23H24FN3O5S/c1-5-32-23(29)20-14(3)21(25-15(20)4)22(28)26-16-11-10-13(2)19(12-16)33(30,31)27-18-9-7-6-8-17(18)24/h6-12,25,27H,5H2,1-4H3,(H,26,28). The number of nitrogens with one attached hydrogen (secondary N) is 3. The number of sulfonamides is 1. The number of amides is 1. The predicted molar refractivity (Wildman–Crippen MR) is 123 cm³/mol. The summed E-state index contributed by atoms with van der Waals surface area (Å²) in [6, 6.07) is 9.78. The van der Waals surface area contributed by atoms with E-state index >= 15 is 0 Å². The number of hydrogen-bond acceptors (Lipinski definition) is 5. The van der Waals surface area contributed by atoms with Gasteiger partial charge in [-0.1, -0.05) is 18.2 Å². The molecule has 1 aromatic heterocycles. The van der Waals surface area contributed by atoms with Crippen LogP contribution in [0.1, 0.15) is 44.6 Å². The molecule has 3 rings (SSSR count). The Balaban J connectivity index is 1.89. The third kappa shape index (κ3) is 5.06. The van der Waals surface area contributed by atoms with Crippen LogP contribution in [-0.4, -0.2) is 31.9 Å². The summed E-state index contributed by atoms with van der Waals surface area (Å²) in [4.78, 5) is 27.8. The van der Waals surface area contributed by atoms with E-state index < -0.39 is 27.7 Å². The van der Waals surface area contributed by atoms with Crippen molar-refractivity contribution in [2.24, 2.45) is 0 Å². The number of ether oxygens (including phenoxy) is 1. The van der Waals surface area contributed by atoms with Gasteiger partial charge in [-0.15, -0.1) is 0 Å². The van der Waals surface area contributed by atoms with Crippen molar-refractivity contribution in [1.82, 2.24) is 4.98 Å². The Bertz CT molecular complexity index is 1330. The van der Waals surface area contributed by atoms with Crippen LogP contribution >= 0.6 is 0 Å². The van der Waals surface area contributed by atoms with Gasteiger partial charge in [0.15, 0.2) is 0 Å². The van der Waals surface area contributed by atoms with E-state index in [-0.39, 0.29) is 34.1 Å². The molecule has 0 saturated carbocycles. The lowest BCUT2D eigenvalue weighted by Gasteiger charge is -2.13. The molecule has 8 nitrogen and oxygen atoms in total. The number of para-hydroxylation sites is 1. The maximum Gasteiger partial charge on any atom is 0.340 e. The third-order valence-corrected chi connectivity index (χ3v) is 6.51. The third-order valence-electron chi connectivity index (χ3n) is 5.00. The molecule has 0 radical (unpaired) electrons. The maximum atomic E-state index is 13.9. The van der Waals surface area contributed by atoms with E-state index in [4.69, 9.17) is 4.74 Å². The fraction of sp³-hybridized carbons (Fsp3) is 0.217. The molecule has 0 aliphatic carbocycles. The molecule has 0 saturated heterocycles. The number of H-pyrrole nitrogens is 1. The Labute approximate surface area is 191 Å². The summed E-state index contributed by atoms with van der Waals surface area (Å²) in [5.74, 6) is -1.80. The van der Waals surface area contributed by atoms with E-state index in [1.165, 1.54) is 30.3 Å². The highest BCUT2D eigenvalue weighted by Crippen LogP contribution is 2.25. The zero-order valence-corrected chi connectivity index (χ0v) is 19.4. The molecule has 3 aromatic rings. The first-order valence-corrected chi connectivity index (χ1v) is 11.6. The molecule has 0 aliphatic rings. The number of anilines is 2. The molecule has 174 valence electrons. The molecule has 0 atom stereocenters. The number of aromatic amines is 1. The molecule has 2 aromatic carbocycles. The number of halogens is 1. The average Bonchev–Trinajstić information content (AvgIpc) is 3.05. The monoisotopic (exact) mass is 473 g/mol. The quantitative estimate of drug-likeness (QED) is 0.442. The van der Waals surface area contributed by atoms with Crippen LogP contribution in [0.4, 0.5) is 15.8 Å². The highest BCUT2D eigenvalue weighted by molar-refractivity contribution is 7.92. The summed E-state index contributed by atoms with van der Waals surface area (Å²) in [7, 11) is -4.13. The molecule has 0 bridgehead atoms. The Morgan fingerprint density at radius 1 is 1.09 bits per heavy atom. The van der Waals surface area contributed by atoms with E-state index in [2.05, 4.69) is 15.0 Å². The van der Waals surface area contributed by atoms with Gasteiger partial charge in [0, 0.05) is 11.4 Å². The number of carbonyl (C=O) groups excluding carboxylic acids is 2. The van der Waals surface area contributed by atoms with Gasteiger partial charge in [-0.05, 0) is 63.1 Å². The molecule has 3 N–H and O–H groups in total. The average molecular weight is 474 g/mol. The predicted octanol–water partition coefficient (Wildman–Crippen LogP) is 4.31. The minimum atomic E-state index is -4.13. The van der Waals surface area contributed by atoms with E-state index in [0.717, 1.165) is 6.07 Å². The Kier molecular flexibility index (Phi) is 6.87. The maximum absolute atomic E-state index is 13.9. The summed E-state index contributed by atoms with van der Waals surface area (Å²) >= 11 is 0. The Hall–Kier alpha value is -3.66. The minimum Gasteiger partial charge on any atom is -0.462 e. The summed E-state index contributed by atoms with van der Waals surface area (Å²) in [5.41, 5.74) is 1.78. The molecule has 0 fully saturated rings. The second kappa shape index (κ2) is 9.45. The van der Waals surface area contributed by atoms with Crippen molar-refractivity contribution in [3.05, 3.63) is 76.4 Å². The van der Waals surface area contributed by atoms with Crippen molar-refractivity contribution in [3.63, 3.8) is 0 Å². The van der Waals surface area contributed by atoms with E-state index in [1.807, 2.05) is 0 Å². The largest absolute Gasteiger partial charge is 0.462 e. The summed E-state index contributed by atoms with van der Waals surface area (Å²) < 4.78 is 46.9. The molecule has 0 unspecified atom stereocenters. The molecule has 1 heterocycles. The van der Waals surface area contributed by atoms with Crippen molar-refractivity contribution < 1.29 is 27.1 Å². The lowest BCUT2D eigenvalue weighted by atomic mass is 10.1. The van der Waals surface area contributed by atoms with E-state index in [1.54, 1.807) is 33.8 Å². The highest BCUT2D eigenvalue weighted by Gasteiger charge is 2.24. The van der Waals surface area contributed by atoms with Crippen molar-refractivity contribution in [2.75, 3.05) is 16.6 Å². The summed E-state index contributed by atoms with van der Waals surface area (Å²) in [6.45, 7) is 6.75. The zero-order valence-electron chi connectivity index (χ0n) is 18.6. The minimum absolute atomic E-state index is 0.116. The number of rotatable bonds is 7. The first kappa shape index (κ1) is 24.0. The molecule has 33 heavy (non-hydrogen) atoms. The van der Waals surface area contributed by atoms with Crippen LogP contribution in [0, 0.1) is 26.6 Å². The van der Waals surface area contributed by atoms with E-state index in [0.29, 0.717) is 16.8 Å². The molecule has 10 heteroatoms. The van der Waals surface area contributed by atoms with Gasteiger partial charge in [0.2, 0.25) is 0 Å². The first-order chi connectivity index (χ1) is 15.5. The van der Waals surface area contributed by atoms with Crippen molar-refractivity contribution in [1.29, 1.82) is 0 Å². The first-order valence-electron chi connectivity index (χ1n) is 10.1. The van der Waals surface area contributed by atoms with Gasteiger partial charge in [-0.25, -0.2) is 17.6 Å². The number of hydrogen-bond donors (Lipinski definition) is 3. The summed E-state index contributed by atoms with van der Waals surface area (Å²) in [6.07, 6.45) is 0. The SMILES string of the molecule is CCOC(=O)c1c(C)[nH]c(C(=O)Nc2ccc(C)c(S(=O)(=O)Nc3ccccc3F)c2)c1C. The lowest BCUT2D eigenvalue weighted by molar-refractivity contribution is 0.0525. The van der Waals surface area contributed by atoms with Gasteiger partial charge < -0.3 is 15.0 Å². The normalized spacial score (nSPS) is 11.2. The van der Waals surface area contributed by atoms with Crippen molar-refractivity contribution >= 4 is 33.3 Å². The Morgan fingerprint density at radius 2 is 1.79 bits per heavy atom. The van der Waals surface area contributed by atoms with Crippen LogP contribution in [0.5, 0.6) is 0 Å². The van der Waals surface area contributed by atoms with Crippen molar-refractivity contribution in [3.8, 4) is 0 Å². The van der Waals surface area contributed by atoms with Crippen LogP contribution in [-0.2, 0) is 14.8 Å². The van der Waals surface area contributed by atoms with Crippen molar-refractivity contribution in [2.45, 2.75) is 32.6 Å². The fourth-order valence-corrected chi connectivity index (χ4v) is 4.73. The molecular weight excluding hydrogens is 449 g/mol. The van der Waals surface area contributed by atoms with Crippen LogP contribution in [0.25, 0.3) is 0 Å². The lowest BCUT2D eigenvalue weighted by Crippen LogP contribution is -2.17. The van der Waals surface area contributed by atoms with Gasteiger partial charge in [0.1, 0.15) is 11.5 Å². The fourth-order valence-electron chi connectivity index (χ4n) is 3.39. The van der Waals surface area contributed by atoms with Crippen LogP contribution in [0.3, 0.4) is 0 Å². The van der Waals surface area contributed by atoms with Crippen LogP contribution < -0.4 is 10.0 Å². The van der Waals surface area contributed by atoms with Crippen LogP contribution in [0.2, 0.25) is 0 Å². The number of carbonyl (C=O) groups is 2. The molecule has 0 spiro atoms. The number of benzene rings is 2. The number of aryl methyl sites for hydroxylation is 2. The zero-order chi connectivity index (χ0) is 24.3. The smallest absolute Gasteiger partial charge is 0.340 e. The molecule has 0 aliphatic heterocycles. The molecular formula is C23H24FN3O5S. The Morgan fingerprint density at radius 3 is 2.45 bits per heavy atom. The second-order valence-corrected chi connectivity index (χ2v) is 9.02. The topological polar surface area (TPSA) is 117 Å². The van der Waals surface area contributed by atoms with Gasteiger partial charge >= 0.3 is 5.97 Å². The number of aromatic nitrogens is 1. The second-order valence-electron chi connectivity index (χ2n) is 7.37. The highest BCUT2D eigenvalue weighted by atomic mass is 32.2. The molecule has 1 amide bonds. The van der Waals surface area contributed by atoms with E-state index in [9.17, 15) is 22.4 Å². The number of esters is 1. The van der Waals surface area contributed by atoms with Gasteiger partial charge in [0.05, 0.1) is 22.8 Å². The van der Waals surface area contributed by atoms with Gasteiger partial charge in [-0.2, -0.15) is 0 Å². The van der Waals surface area contributed by atoms with Gasteiger partial charge in [-0.3, -0.25) is 9.52 Å².